The number of fused-ring (bicyclic) bond motifs is 1. The van der Waals surface area contributed by atoms with Gasteiger partial charge in [0.15, 0.2) is 11.0 Å². The van der Waals surface area contributed by atoms with Crippen LogP contribution in [0.3, 0.4) is 0 Å². The molecule has 130 valence electrons. The summed E-state index contributed by atoms with van der Waals surface area (Å²) in [5, 5.41) is 4.86. The number of pyridine rings is 1. The normalized spacial score (nSPS) is 11.0. The van der Waals surface area contributed by atoms with E-state index >= 15 is 0 Å². The van der Waals surface area contributed by atoms with E-state index < -0.39 is 0 Å². The Bertz CT molecular complexity index is 1070. The van der Waals surface area contributed by atoms with Gasteiger partial charge in [0.05, 0.1) is 23.6 Å². The first-order valence-electron chi connectivity index (χ1n) is 7.94. The second-order valence-electron chi connectivity index (χ2n) is 5.75. The molecule has 1 N–H and O–H groups in total. The molecule has 0 saturated carbocycles. The van der Waals surface area contributed by atoms with E-state index in [9.17, 15) is 0 Å². The van der Waals surface area contributed by atoms with Gasteiger partial charge in [-0.3, -0.25) is 4.98 Å². The molecule has 0 radical (unpaired) electrons. The quantitative estimate of drug-likeness (QED) is 0.590. The van der Waals surface area contributed by atoms with Crippen molar-refractivity contribution in [3.8, 4) is 0 Å². The van der Waals surface area contributed by atoms with E-state index in [1.807, 2.05) is 43.8 Å². The lowest BCUT2D eigenvalue weighted by molar-refractivity contribution is 0.765. The number of aryl methyl sites for hydroxylation is 2. The third kappa shape index (κ3) is 3.21. The summed E-state index contributed by atoms with van der Waals surface area (Å²) in [7, 11) is 1.98. The van der Waals surface area contributed by atoms with Crippen LogP contribution in [-0.4, -0.2) is 34.5 Å². The summed E-state index contributed by atoms with van der Waals surface area (Å²) in [5.74, 6) is 1.20. The predicted octanol–water partition coefficient (Wildman–Crippen LogP) is 3.06. The molecule has 0 aliphatic carbocycles. The molecule has 26 heavy (non-hydrogen) atoms. The maximum absolute atomic E-state index is 4.71. The van der Waals surface area contributed by atoms with Crippen LogP contribution < -0.4 is 5.32 Å². The Morgan fingerprint density at radius 2 is 1.85 bits per heavy atom. The summed E-state index contributed by atoms with van der Waals surface area (Å²) < 4.78 is 2.03. The van der Waals surface area contributed by atoms with Crippen LogP contribution in [0, 0.1) is 13.8 Å². The minimum Gasteiger partial charge on any atom is -0.326 e. The van der Waals surface area contributed by atoms with E-state index in [1.165, 1.54) is 18.1 Å². The minimum atomic E-state index is 0.589. The Hall–Kier alpha value is -3.07. The minimum absolute atomic E-state index is 0.589. The maximum atomic E-state index is 4.71. The number of nitrogens with zero attached hydrogens (tertiary/aromatic N) is 7. The van der Waals surface area contributed by atoms with Gasteiger partial charge in [-0.05, 0) is 37.7 Å². The largest absolute Gasteiger partial charge is 0.326 e. The van der Waals surface area contributed by atoms with Gasteiger partial charge in [0.2, 0.25) is 0 Å². The van der Waals surface area contributed by atoms with Crippen molar-refractivity contribution in [3.05, 3.63) is 48.4 Å². The summed E-state index contributed by atoms with van der Waals surface area (Å²) in [6, 6.07) is 3.85. The average Bonchev–Trinajstić information content (AvgIpc) is 2.96. The lowest BCUT2D eigenvalue weighted by Gasteiger charge is -2.08. The zero-order valence-electron chi connectivity index (χ0n) is 14.5. The van der Waals surface area contributed by atoms with Gasteiger partial charge in [0, 0.05) is 18.9 Å². The Balaban J connectivity index is 1.69. The van der Waals surface area contributed by atoms with E-state index in [0.29, 0.717) is 17.2 Å². The highest BCUT2D eigenvalue weighted by Gasteiger charge is 2.11. The standard InChI is InChI=1S/C17H16N8S/c1-10-6-19-13(8-18-10)23-16-15-12(21-9-22-16)4-5-14(24-15)26-17-20-7-11(2)25(17)3/h4-9H,1-3H3,(H,19,21,22,23). The third-order valence-electron chi connectivity index (χ3n) is 3.86. The first kappa shape index (κ1) is 16.4. The fraction of sp³-hybridized carbons (Fsp3) is 0.176. The van der Waals surface area contributed by atoms with Gasteiger partial charge in [-0.2, -0.15) is 0 Å². The molecule has 4 aromatic rings. The highest BCUT2D eigenvalue weighted by atomic mass is 32.2. The number of nitrogens with one attached hydrogen (secondary N) is 1. The van der Waals surface area contributed by atoms with Crippen LogP contribution in [0.15, 0.2) is 47.2 Å². The number of rotatable bonds is 4. The molecule has 0 bridgehead atoms. The zero-order chi connectivity index (χ0) is 18.1. The molecule has 0 unspecified atom stereocenters. The number of anilines is 2. The van der Waals surface area contributed by atoms with Crippen molar-refractivity contribution in [1.82, 2.24) is 34.5 Å². The van der Waals surface area contributed by atoms with E-state index in [-0.39, 0.29) is 0 Å². The second-order valence-corrected chi connectivity index (χ2v) is 6.74. The Labute approximate surface area is 154 Å². The van der Waals surface area contributed by atoms with Crippen LogP contribution in [0.1, 0.15) is 11.4 Å². The first-order valence-corrected chi connectivity index (χ1v) is 8.75. The van der Waals surface area contributed by atoms with Gasteiger partial charge in [-0.15, -0.1) is 0 Å². The molecule has 0 saturated heterocycles. The molecule has 0 aliphatic rings. The van der Waals surface area contributed by atoms with Crippen LogP contribution in [0.2, 0.25) is 0 Å². The summed E-state index contributed by atoms with van der Waals surface area (Å²) in [4.78, 5) is 26.3. The monoisotopic (exact) mass is 364 g/mol. The maximum Gasteiger partial charge on any atom is 0.174 e. The van der Waals surface area contributed by atoms with Crippen molar-refractivity contribution < 1.29 is 0 Å². The smallest absolute Gasteiger partial charge is 0.174 e. The fourth-order valence-corrected chi connectivity index (χ4v) is 3.16. The molecule has 0 aromatic carbocycles. The molecule has 0 fully saturated rings. The highest BCUT2D eigenvalue weighted by Crippen LogP contribution is 2.28. The van der Waals surface area contributed by atoms with Crippen molar-refractivity contribution in [2.75, 3.05) is 5.32 Å². The van der Waals surface area contributed by atoms with Crippen LogP contribution in [0.25, 0.3) is 11.0 Å². The van der Waals surface area contributed by atoms with Gasteiger partial charge in [0.1, 0.15) is 22.7 Å². The average molecular weight is 364 g/mol. The molecule has 4 rings (SSSR count). The van der Waals surface area contributed by atoms with Crippen LogP contribution in [0.5, 0.6) is 0 Å². The van der Waals surface area contributed by atoms with E-state index in [2.05, 4.69) is 30.2 Å². The lowest BCUT2D eigenvalue weighted by atomic mass is 10.3. The molecule has 0 spiro atoms. The number of hydrogen-bond donors (Lipinski definition) is 1. The van der Waals surface area contributed by atoms with E-state index in [0.717, 1.165) is 27.1 Å². The lowest BCUT2D eigenvalue weighted by Crippen LogP contribution is -2.00. The highest BCUT2D eigenvalue weighted by molar-refractivity contribution is 7.99. The third-order valence-corrected chi connectivity index (χ3v) is 4.86. The Morgan fingerprint density at radius 1 is 0.962 bits per heavy atom. The van der Waals surface area contributed by atoms with Crippen LogP contribution >= 0.6 is 11.8 Å². The molecule has 0 amide bonds. The molecular formula is C17H16N8S. The van der Waals surface area contributed by atoms with Crippen molar-refractivity contribution in [1.29, 1.82) is 0 Å². The second kappa shape index (κ2) is 6.68. The molecule has 9 heteroatoms. The van der Waals surface area contributed by atoms with Crippen molar-refractivity contribution >= 4 is 34.4 Å². The Morgan fingerprint density at radius 3 is 2.58 bits per heavy atom. The van der Waals surface area contributed by atoms with Gasteiger partial charge in [-0.25, -0.2) is 24.9 Å². The summed E-state index contributed by atoms with van der Waals surface area (Å²) in [5.41, 5.74) is 3.37. The summed E-state index contributed by atoms with van der Waals surface area (Å²) in [6.07, 6.45) is 6.71. The number of aromatic nitrogens is 7. The molecule has 4 heterocycles. The van der Waals surface area contributed by atoms with Crippen molar-refractivity contribution in [3.63, 3.8) is 0 Å². The zero-order valence-corrected chi connectivity index (χ0v) is 15.3. The van der Waals surface area contributed by atoms with Crippen LogP contribution in [0.4, 0.5) is 11.6 Å². The molecular weight excluding hydrogens is 348 g/mol. The van der Waals surface area contributed by atoms with Gasteiger partial charge in [0.25, 0.3) is 0 Å². The summed E-state index contributed by atoms with van der Waals surface area (Å²) in [6.45, 7) is 3.91. The van der Waals surface area contributed by atoms with Gasteiger partial charge in [-0.1, -0.05) is 0 Å². The van der Waals surface area contributed by atoms with Crippen molar-refractivity contribution in [2.45, 2.75) is 24.0 Å². The van der Waals surface area contributed by atoms with Gasteiger partial charge < -0.3 is 9.88 Å². The topological polar surface area (TPSA) is 94.3 Å². The molecule has 0 aliphatic heterocycles. The predicted molar refractivity (Wildman–Crippen MR) is 99.5 cm³/mol. The van der Waals surface area contributed by atoms with Crippen molar-refractivity contribution in [2.24, 2.45) is 7.05 Å². The van der Waals surface area contributed by atoms with E-state index in [4.69, 9.17) is 4.98 Å². The Kier molecular flexibility index (Phi) is 4.21. The van der Waals surface area contributed by atoms with Crippen LogP contribution in [-0.2, 0) is 7.05 Å². The molecule has 0 atom stereocenters. The fourth-order valence-electron chi connectivity index (χ4n) is 2.31. The SMILES string of the molecule is Cc1cnc(Nc2ncnc3ccc(Sc4ncc(C)n4C)nc23)cn1. The molecule has 4 aromatic heterocycles. The number of hydrogen-bond acceptors (Lipinski definition) is 8. The first-order chi connectivity index (χ1) is 12.6. The summed E-state index contributed by atoms with van der Waals surface area (Å²) >= 11 is 1.50. The number of imidazole rings is 1. The van der Waals surface area contributed by atoms with E-state index in [1.54, 1.807) is 12.4 Å². The van der Waals surface area contributed by atoms with Gasteiger partial charge >= 0.3 is 0 Å². The molecule has 8 nitrogen and oxygen atoms in total.